The van der Waals surface area contributed by atoms with Crippen molar-refractivity contribution >= 4 is 5.91 Å². The van der Waals surface area contributed by atoms with Crippen molar-refractivity contribution in [3.63, 3.8) is 0 Å². The minimum absolute atomic E-state index is 0.233. The number of nitrogens with one attached hydrogen (secondary N) is 1. The van der Waals surface area contributed by atoms with Crippen LogP contribution in [0.5, 0.6) is 0 Å². The van der Waals surface area contributed by atoms with Crippen molar-refractivity contribution in [3.8, 4) is 0 Å². The molecule has 1 unspecified atom stereocenters. The van der Waals surface area contributed by atoms with Gasteiger partial charge in [0.25, 0.3) is 5.91 Å². The van der Waals surface area contributed by atoms with Gasteiger partial charge in [-0.15, -0.1) is 0 Å². The molecule has 0 spiro atoms. The molecule has 16 heavy (non-hydrogen) atoms. The zero-order valence-electron chi connectivity index (χ0n) is 9.77. The van der Waals surface area contributed by atoms with Gasteiger partial charge in [0.15, 0.2) is 5.76 Å². The first-order valence-corrected chi connectivity index (χ1v) is 5.68. The van der Waals surface area contributed by atoms with Crippen LogP contribution in [-0.4, -0.2) is 23.7 Å². The average molecular weight is 225 g/mol. The number of amides is 1. The largest absolute Gasteiger partial charge is 0.459 e. The Hall–Kier alpha value is -1.29. The van der Waals surface area contributed by atoms with Crippen LogP contribution >= 0.6 is 0 Å². The van der Waals surface area contributed by atoms with Gasteiger partial charge < -0.3 is 14.8 Å². The lowest BCUT2D eigenvalue weighted by molar-refractivity contribution is 0.0796. The van der Waals surface area contributed by atoms with Crippen LogP contribution in [0, 0.1) is 5.92 Å². The highest BCUT2D eigenvalue weighted by Gasteiger charge is 2.17. The summed E-state index contributed by atoms with van der Waals surface area (Å²) in [6, 6.07) is 3.26. The highest BCUT2D eigenvalue weighted by Crippen LogP contribution is 2.12. The summed E-state index contributed by atoms with van der Waals surface area (Å²) in [4.78, 5) is 11.5. The van der Waals surface area contributed by atoms with Crippen LogP contribution in [0.2, 0.25) is 0 Å². The van der Waals surface area contributed by atoms with Crippen molar-refractivity contribution in [3.05, 3.63) is 24.2 Å². The quantitative estimate of drug-likeness (QED) is 0.776. The van der Waals surface area contributed by atoms with E-state index in [-0.39, 0.29) is 24.1 Å². The maximum absolute atomic E-state index is 11.5. The third-order valence-corrected chi connectivity index (χ3v) is 2.81. The average Bonchev–Trinajstić information content (AvgIpc) is 2.81. The number of hydrogen-bond donors (Lipinski definition) is 2. The maximum atomic E-state index is 11.5. The van der Waals surface area contributed by atoms with Gasteiger partial charge in [0.2, 0.25) is 0 Å². The number of rotatable bonds is 6. The first kappa shape index (κ1) is 12.8. The molecule has 1 atom stereocenters. The molecule has 0 fully saturated rings. The molecule has 1 aromatic heterocycles. The highest BCUT2D eigenvalue weighted by atomic mass is 16.3. The van der Waals surface area contributed by atoms with E-state index < -0.39 is 6.10 Å². The zero-order chi connectivity index (χ0) is 12.0. The molecule has 90 valence electrons. The lowest BCUT2D eigenvalue weighted by Crippen LogP contribution is -2.35. The van der Waals surface area contributed by atoms with E-state index in [2.05, 4.69) is 5.32 Å². The van der Waals surface area contributed by atoms with E-state index in [1.165, 1.54) is 6.26 Å². The molecule has 1 amide bonds. The fourth-order valence-electron chi connectivity index (χ4n) is 1.69. The Kier molecular flexibility index (Phi) is 5.05. The van der Waals surface area contributed by atoms with Gasteiger partial charge in [-0.25, -0.2) is 0 Å². The first-order valence-electron chi connectivity index (χ1n) is 5.68. The maximum Gasteiger partial charge on any atom is 0.287 e. The molecule has 4 heteroatoms. The topological polar surface area (TPSA) is 62.5 Å². The summed E-state index contributed by atoms with van der Waals surface area (Å²) < 4.78 is 4.95. The van der Waals surface area contributed by atoms with Crippen molar-refractivity contribution in [1.29, 1.82) is 0 Å². The molecule has 0 saturated heterocycles. The Morgan fingerprint density at radius 3 is 2.69 bits per heavy atom. The molecule has 0 aromatic carbocycles. The van der Waals surface area contributed by atoms with Gasteiger partial charge in [0.05, 0.1) is 12.4 Å². The van der Waals surface area contributed by atoms with Crippen molar-refractivity contribution in [2.45, 2.75) is 32.8 Å². The van der Waals surface area contributed by atoms with Gasteiger partial charge in [-0.05, 0) is 18.1 Å². The number of carbonyl (C=O) groups excluding carboxylic acids is 1. The molecule has 1 rings (SSSR count). The number of aliphatic hydroxyl groups is 1. The fraction of sp³-hybridized carbons (Fsp3) is 0.583. The minimum Gasteiger partial charge on any atom is -0.459 e. The molecule has 1 aromatic rings. The van der Waals surface area contributed by atoms with Crippen molar-refractivity contribution in [2.75, 3.05) is 6.54 Å². The molecule has 0 aliphatic carbocycles. The van der Waals surface area contributed by atoms with E-state index in [0.29, 0.717) is 0 Å². The SMILES string of the molecule is CCC(CC)C(O)CNC(=O)c1ccco1. The van der Waals surface area contributed by atoms with E-state index in [1.54, 1.807) is 12.1 Å². The number of furan rings is 1. The number of carbonyl (C=O) groups is 1. The predicted octanol–water partition coefficient (Wildman–Crippen LogP) is 1.81. The third-order valence-electron chi connectivity index (χ3n) is 2.81. The molecular weight excluding hydrogens is 206 g/mol. The van der Waals surface area contributed by atoms with Crippen LogP contribution in [0.25, 0.3) is 0 Å². The van der Waals surface area contributed by atoms with Gasteiger partial charge in [-0.3, -0.25) is 4.79 Å². The summed E-state index contributed by atoms with van der Waals surface area (Å²) >= 11 is 0. The van der Waals surface area contributed by atoms with E-state index in [9.17, 15) is 9.90 Å². The second-order valence-electron chi connectivity index (χ2n) is 3.83. The third kappa shape index (κ3) is 3.38. The summed E-state index contributed by atoms with van der Waals surface area (Å²) in [5.41, 5.74) is 0. The van der Waals surface area contributed by atoms with Gasteiger partial charge in [-0.2, -0.15) is 0 Å². The molecule has 0 aliphatic rings. The summed E-state index contributed by atoms with van der Waals surface area (Å²) in [6.07, 6.45) is 2.78. The normalized spacial score (nSPS) is 12.8. The van der Waals surface area contributed by atoms with Crippen LogP contribution in [0.15, 0.2) is 22.8 Å². The Morgan fingerprint density at radius 1 is 1.50 bits per heavy atom. The fourth-order valence-corrected chi connectivity index (χ4v) is 1.69. The number of aliphatic hydroxyl groups excluding tert-OH is 1. The van der Waals surface area contributed by atoms with Crippen LogP contribution in [0.4, 0.5) is 0 Å². The van der Waals surface area contributed by atoms with Crippen LogP contribution in [0.1, 0.15) is 37.2 Å². The van der Waals surface area contributed by atoms with Gasteiger partial charge in [0, 0.05) is 6.54 Å². The predicted molar refractivity (Wildman–Crippen MR) is 61.1 cm³/mol. The molecule has 4 nitrogen and oxygen atoms in total. The van der Waals surface area contributed by atoms with Gasteiger partial charge in [-0.1, -0.05) is 26.7 Å². The Morgan fingerprint density at radius 2 is 2.19 bits per heavy atom. The standard InChI is InChI=1S/C12H19NO3/c1-3-9(4-2)10(14)8-13-12(15)11-6-5-7-16-11/h5-7,9-10,14H,3-4,8H2,1-2H3,(H,13,15). The highest BCUT2D eigenvalue weighted by molar-refractivity contribution is 5.91. The van der Waals surface area contributed by atoms with Crippen molar-refractivity contribution < 1.29 is 14.3 Å². The monoisotopic (exact) mass is 225 g/mol. The van der Waals surface area contributed by atoms with Crippen molar-refractivity contribution in [2.24, 2.45) is 5.92 Å². The van der Waals surface area contributed by atoms with Crippen LogP contribution < -0.4 is 5.32 Å². The Bertz CT molecular complexity index is 304. The summed E-state index contributed by atoms with van der Waals surface area (Å²) in [5.74, 6) is 0.226. The van der Waals surface area contributed by atoms with E-state index in [0.717, 1.165) is 12.8 Å². The van der Waals surface area contributed by atoms with Crippen LogP contribution in [-0.2, 0) is 0 Å². The van der Waals surface area contributed by atoms with E-state index >= 15 is 0 Å². The molecule has 0 aliphatic heterocycles. The Labute approximate surface area is 95.7 Å². The van der Waals surface area contributed by atoms with Crippen LogP contribution in [0.3, 0.4) is 0 Å². The second kappa shape index (κ2) is 6.33. The molecule has 0 bridgehead atoms. The Balaban J connectivity index is 2.37. The minimum atomic E-state index is -0.492. The van der Waals surface area contributed by atoms with Crippen molar-refractivity contribution in [1.82, 2.24) is 5.32 Å². The zero-order valence-corrected chi connectivity index (χ0v) is 9.77. The summed E-state index contributed by atoms with van der Waals surface area (Å²) in [6.45, 7) is 4.34. The lowest BCUT2D eigenvalue weighted by atomic mass is 9.96. The van der Waals surface area contributed by atoms with E-state index in [1.807, 2.05) is 13.8 Å². The second-order valence-corrected chi connectivity index (χ2v) is 3.83. The molecule has 0 radical (unpaired) electrons. The summed E-state index contributed by atoms with van der Waals surface area (Å²) in [5, 5.41) is 12.5. The van der Waals surface area contributed by atoms with Gasteiger partial charge >= 0.3 is 0 Å². The summed E-state index contributed by atoms with van der Waals surface area (Å²) in [7, 11) is 0. The van der Waals surface area contributed by atoms with E-state index in [4.69, 9.17) is 4.42 Å². The smallest absolute Gasteiger partial charge is 0.287 e. The lowest BCUT2D eigenvalue weighted by Gasteiger charge is -2.19. The molecule has 0 saturated carbocycles. The number of hydrogen-bond acceptors (Lipinski definition) is 3. The van der Waals surface area contributed by atoms with Gasteiger partial charge in [0.1, 0.15) is 0 Å². The molecule has 2 N–H and O–H groups in total. The molecule has 1 heterocycles. The molecular formula is C12H19NO3. The first-order chi connectivity index (χ1) is 7.69.